The molecule has 1 amide bonds. The summed E-state index contributed by atoms with van der Waals surface area (Å²) in [5.41, 5.74) is 2.54. The molecule has 31 heavy (non-hydrogen) atoms. The second-order valence-electron chi connectivity index (χ2n) is 8.35. The van der Waals surface area contributed by atoms with Crippen molar-refractivity contribution in [3.63, 3.8) is 0 Å². The minimum atomic E-state index is -0.527. The number of aromatic amines is 1. The molecule has 8 nitrogen and oxygen atoms in total. The first-order valence-corrected chi connectivity index (χ1v) is 10.4. The number of pyridine rings is 1. The molecule has 8 heteroatoms. The van der Waals surface area contributed by atoms with Crippen molar-refractivity contribution in [3.05, 3.63) is 64.2 Å². The largest absolute Gasteiger partial charge is 0.464 e. The van der Waals surface area contributed by atoms with Gasteiger partial charge < -0.3 is 19.6 Å². The number of hydrogen-bond acceptors (Lipinski definition) is 5. The number of esters is 1. The number of carbonyl (C=O) groups is 2. The topological polar surface area (TPSA) is 96.4 Å². The molecule has 0 spiro atoms. The zero-order valence-electron chi connectivity index (χ0n) is 17.3. The Kier molecular flexibility index (Phi) is 4.86. The Morgan fingerprint density at radius 3 is 2.81 bits per heavy atom. The Labute approximate surface area is 178 Å². The van der Waals surface area contributed by atoms with Gasteiger partial charge in [-0.15, -0.1) is 0 Å². The van der Waals surface area contributed by atoms with E-state index in [4.69, 9.17) is 4.74 Å². The van der Waals surface area contributed by atoms with Crippen LogP contribution in [-0.4, -0.2) is 53.1 Å². The molecule has 160 valence electrons. The van der Waals surface area contributed by atoms with Crippen LogP contribution in [0.4, 0.5) is 5.69 Å². The summed E-state index contributed by atoms with van der Waals surface area (Å²) in [7, 11) is 1.31. The maximum absolute atomic E-state index is 12.9. The van der Waals surface area contributed by atoms with Crippen molar-refractivity contribution in [2.45, 2.75) is 18.9 Å². The van der Waals surface area contributed by atoms with Crippen LogP contribution in [0.2, 0.25) is 0 Å². The molecule has 0 radical (unpaired) electrons. The minimum absolute atomic E-state index is 0.0491. The highest BCUT2D eigenvalue weighted by atomic mass is 16.5. The summed E-state index contributed by atoms with van der Waals surface area (Å²) in [6.45, 7) is 2.41. The molecule has 1 aromatic carbocycles. The van der Waals surface area contributed by atoms with Gasteiger partial charge >= 0.3 is 5.97 Å². The van der Waals surface area contributed by atoms with E-state index in [0.717, 1.165) is 36.1 Å². The number of carbonyl (C=O) groups excluding carboxylic acids is 2. The quantitative estimate of drug-likeness (QED) is 0.631. The van der Waals surface area contributed by atoms with Crippen molar-refractivity contribution in [2.24, 2.45) is 5.92 Å². The number of methoxy groups -OCH3 is 1. The van der Waals surface area contributed by atoms with Crippen LogP contribution in [0, 0.1) is 5.92 Å². The van der Waals surface area contributed by atoms with E-state index >= 15 is 0 Å². The van der Waals surface area contributed by atoms with Crippen LogP contribution in [0.3, 0.4) is 0 Å². The van der Waals surface area contributed by atoms with E-state index in [2.05, 4.69) is 15.2 Å². The number of amides is 1. The van der Waals surface area contributed by atoms with Crippen molar-refractivity contribution in [2.75, 3.05) is 32.1 Å². The molecule has 1 saturated heterocycles. The van der Waals surface area contributed by atoms with Gasteiger partial charge in [-0.05, 0) is 24.5 Å². The lowest BCUT2D eigenvalue weighted by Gasteiger charge is -2.42. The second kappa shape index (κ2) is 7.70. The van der Waals surface area contributed by atoms with Gasteiger partial charge in [0.1, 0.15) is 5.69 Å². The fourth-order valence-corrected chi connectivity index (χ4v) is 5.03. The van der Waals surface area contributed by atoms with Crippen molar-refractivity contribution in [3.8, 4) is 0 Å². The predicted molar refractivity (Wildman–Crippen MR) is 116 cm³/mol. The smallest absolute Gasteiger partial charge is 0.356 e. The molecular formula is C23H24N4O4. The second-order valence-corrected chi connectivity index (χ2v) is 8.35. The lowest BCUT2D eigenvalue weighted by atomic mass is 9.83. The summed E-state index contributed by atoms with van der Waals surface area (Å²) in [4.78, 5) is 42.5. The molecule has 2 aliphatic heterocycles. The number of nitrogens with zero attached hydrogens (tertiary/aromatic N) is 2. The van der Waals surface area contributed by atoms with Gasteiger partial charge in [0.25, 0.3) is 5.56 Å². The fraction of sp³-hybridized carbons (Fsp3) is 0.348. The molecule has 2 aromatic heterocycles. The summed E-state index contributed by atoms with van der Waals surface area (Å²) in [6, 6.07) is 12.9. The highest BCUT2D eigenvalue weighted by molar-refractivity contribution is 6.11. The van der Waals surface area contributed by atoms with Gasteiger partial charge in [-0.25, -0.2) is 4.79 Å². The van der Waals surface area contributed by atoms with Gasteiger partial charge in [0.2, 0.25) is 5.91 Å². The number of anilines is 1. The molecular weight excluding hydrogens is 396 g/mol. The highest BCUT2D eigenvalue weighted by Crippen LogP contribution is 2.35. The third-order valence-electron chi connectivity index (χ3n) is 6.28. The first-order chi connectivity index (χ1) is 15.0. The van der Waals surface area contributed by atoms with Crippen LogP contribution in [0.5, 0.6) is 0 Å². The van der Waals surface area contributed by atoms with Crippen LogP contribution in [0.1, 0.15) is 28.5 Å². The molecule has 0 unspecified atom stereocenters. The normalized spacial score (nSPS) is 20.3. The molecule has 4 heterocycles. The number of nitrogens with one attached hydrogen (secondary N) is 2. The zero-order valence-corrected chi connectivity index (χ0v) is 17.3. The van der Waals surface area contributed by atoms with Crippen LogP contribution in [-0.2, 0) is 16.1 Å². The Morgan fingerprint density at radius 1 is 1.13 bits per heavy atom. The van der Waals surface area contributed by atoms with Crippen molar-refractivity contribution < 1.29 is 14.3 Å². The number of ether oxygens (including phenoxy) is 1. The van der Waals surface area contributed by atoms with Crippen molar-refractivity contribution >= 4 is 28.5 Å². The summed E-state index contributed by atoms with van der Waals surface area (Å²) in [5, 5.41) is 3.69. The summed E-state index contributed by atoms with van der Waals surface area (Å²) < 4.78 is 6.75. The van der Waals surface area contributed by atoms with Gasteiger partial charge in [-0.1, -0.05) is 24.3 Å². The van der Waals surface area contributed by atoms with Crippen LogP contribution in [0.15, 0.2) is 47.3 Å². The molecule has 0 saturated carbocycles. The van der Waals surface area contributed by atoms with Gasteiger partial charge in [-0.3, -0.25) is 14.5 Å². The number of para-hydroxylation sites is 1. The average Bonchev–Trinajstić information content (AvgIpc) is 3.12. The fourth-order valence-electron chi connectivity index (χ4n) is 5.03. The van der Waals surface area contributed by atoms with Crippen LogP contribution >= 0.6 is 0 Å². The summed E-state index contributed by atoms with van der Waals surface area (Å²) >= 11 is 0. The Bertz CT molecular complexity index is 1230. The first kappa shape index (κ1) is 19.6. The lowest BCUT2D eigenvalue weighted by Crippen LogP contribution is -2.49. The standard InChI is InChI=1S/C23H24N4O4/c1-31-23(30)22-21(16-5-2-3-6-17(16)24-22)25-19(28)13-26-10-14-9-15(12-26)18-7-4-8-20(29)27(18)11-14/h2-8,14-15,24H,9-13H2,1H3,(H,25,28)/t14-,15+/m0/s1. The molecule has 5 rings (SSSR count). The maximum atomic E-state index is 12.9. The number of rotatable bonds is 4. The summed E-state index contributed by atoms with van der Waals surface area (Å²) in [6.07, 6.45) is 1.04. The van der Waals surface area contributed by atoms with Gasteiger partial charge in [0.05, 0.1) is 19.3 Å². The number of likely N-dealkylation sites (tertiary alicyclic amines) is 1. The molecule has 2 N–H and O–H groups in total. The molecule has 0 aliphatic carbocycles. The Hall–Kier alpha value is -3.39. The van der Waals surface area contributed by atoms with Crippen LogP contribution in [0.25, 0.3) is 10.9 Å². The number of H-pyrrole nitrogens is 1. The van der Waals surface area contributed by atoms with Crippen molar-refractivity contribution in [1.29, 1.82) is 0 Å². The van der Waals surface area contributed by atoms with Gasteiger partial charge in [0, 0.05) is 48.2 Å². The molecule has 1 fully saturated rings. The average molecular weight is 420 g/mol. The molecule has 2 bridgehead atoms. The lowest BCUT2D eigenvalue weighted by molar-refractivity contribution is -0.117. The molecule has 2 aliphatic rings. The van der Waals surface area contributed by atoms with E-state index in [-0.39, 0.29) is 29.6 Å². The number of piperidine rings is 1. The van der Waals surface area contributed by atoms with Crippen molar-refractivity contribution in [1.82, 2.24) is 14.5 Å². The SMILES string of the molecule is COC(=O)c1[nH]c2ccccc2c1NC(=O)CN1C[C@@H]2C[C@H](C1)c1cccc(=O)n1C2. The number of hydrogen-bond donors (Lipinski definition) is 2. The zero-order chi connectivity index (χ0) is 21.5. The Morgan fingerprint density at radius 2 is 1.97 bits per heavy atom. The van der Waals surface area contributed by atoms with E-state index < -0.39 is 5.97 Å². The third kappa shape index (κ3) is 3.53. The number of fused-ring (bicyclic) bond motifs is 5. The maximum Gasteiger partial charge on any atom is 0.356 e. The number of benzene rings is 1. The van der Waals surface area contributed by atoms with Crippen LogP contribution < -0.4 is 10.9 Å². The monoisotopic (exact) mass is 420 g/mol. The molecule has 3 aromatic rings. The minimum Gasteiger partial charge on any atom is -0.464 e. The Balaban J connectivity index is 1.34. The van der Waals surface area contributed by atoms with Gasteiger partial charge in [0.15, 0.2) is 0 Å². The van der Waals surface area contributed by atoms with E-state index in [1.54, 1.807) is 6.07 Å². The summed E-state index contributed by atoms with van der Waals surface area (Å²) in [5.74, 6) is -0.118. The van der Waals surface area contributed by atoms with E-state index in [1.165, 1.54) is 7.11 Å². The van der Waals surface area contributed by atoms with E-state index in [0.29, 0.717) is 18.2 Å². The van der Waals surface area contributed by atoms with E-state index in [9.17, 15) is 14.4 Å². The van der Waals surface area contributed by atoms with E-state index in [1.807, 2.05) is 41.0 Å². The number of aromatic nitrogens is 2. The highest BCUT2D eigenvalue weighted by Gasteiger charge is 2.35. The molecule has 2 atom stereocenters. The third-order valence-corrected chi connectivity index (χ3v) is 6.28. The van der Waals surface area contributed by atoms with Gasteiger partial charge in [-0.2, -0.15) is 0 Å². The predicted octanol–water partition coefficient (Wildman–Crippen LogP) is 2.17. The first-order valence-electron chi connectivity index (χ1n) is 10.4.